The molecule has 7 heteroatoms. The minimum atomic E-state index is -0.0821. The van der Waals surface area contributed by atoms with E-state index in [9.17, 15) is 4.79 Å². The van der Waals surface area contributed by atoms with Crippen LogP contribution < -0.4 is 15.2 Å². The van der Waals surface area contributed by atoms with Crippen molar-refractivity contribution in [3.05, 3.63) is 76.0 Å². The van der Waals surface area contributed by atoms with Gasteiger partial charge in [-0.2, -0.15) is 0 Å². The first kappa shape index (κ1) is 17.4. The zero-order chi connectivity index (χ0) is 20.0. The van der Waals surface area contributed by atoms with E-state index in [2.05, 4.69) is 14.9 Å². The summed E-state index contributed by atoms with van der Waals surface area (Å²) in [5, 5.41) is 0.945. The van der Waals surface area contributed by atoms with Gasteiger partial charge in [0.05, 0.1) is 37.0 Å². The maximum Gasteiger partial charge on any atom is 0.256 e. The molecular formula is C22H19N5O2. The molecular weight excluding hydrogens is 366 g/mol. The maximum atomic E-state index is 12.4. The molecule has 4 aromatic rings. The van der Waals surface area contributed by atoms with E-state index in [-0.39, 0.29) is 5.56 Å². The van der Waals surface area contributed by atoms with Crippen molar-refractivity contribution in [1.29, 1.82) is 0 Å². The van der Waals surface area contributed by atoms with E-state index < -0.39 is 0 Å². The van der Waals surface area contributed by atoms with Gasteiger partial charge < -0.3 is 14.6 Å². The Hall–Kier alpha value is -3.74. The second kappa shape index (κ2) is 6.70. The quantitative estimate of drug-likeness (QED) is 0.583. The molecule has 1 aliphatic rings. The van der Waals surface area contributed by atoms with Gasteiger partial charge in [0.15, 0.2) is 5.82 Å². The largest absolute Gasteiger partial charge is 0.497 e. The highest BCUT2D eigenvalue weighted by molar-refractivity contribution is 5.91. The van der Waals surface area contributed by atoms with Gasteiger partial charge in [-0.1, -0.05) is 24.3 Å². The fraction of sp³-hybridized carbons (Fsp3) is 0.182. The highest BCUT2D eigenvalue weighted by Crippen LogP contribution is 2.32. The van der Waals surface area contributed by atoms with Crippen molar-refractivity contribution < 1.29 is 4.74 Å². The van der Waals surface area contributed by atoms with Gasteiger partial charge in [-0.3, -0.25) is 4.79 Å². The Morgan fingerprint density at radius 3 is 2.76 bits per heavy atom. The zero-order valence-corrected chi connectivity index (χ0v) is 16.1. The van der Waals surface area contributed by atoms with E-state index >= 15 is 0 Å². The van der Waals surface area contributed by atoms with Crippen LogP contribution in [0.3, 0.4) is 0 Å². The van der Waals surface area contributed by atoms with Gasteiger partial charge in [0.25, 0.3) is 5.56 Å². The van der Waals surface area contributed by atoms with Crippen LogP contribution >= 0.6 is 0 Å². The predicted molar refractivity (Wildman–Crippen MR) is 111 cm³/mol. The topological polar surface area (TPSA) is 84.0 Å². The molecule has 1 N–H and O–H groups in total. The lowest BCUT2D eigenvalue weighted by atomic mass is 10.1. The number of rotatable bonds is 3. The monoisotopic (exact) mass is 385 g/mol. The van der Waals surface area contributed by atoms with Crippen LogP contribution in [0, 0.1) is 6.92 Å². The molecule has 2 aromatic heterocycles. The number of aromatic nitrogens is 4. The summed E-state index contributed by atoms with van der Waals surface area (Å²) in [6.07, 6.45) is 0. The zero-order valence-electron chi connectivity index (χ0n) is 16.1. The van der Waals surface area contributed by atoms with Crippen molar-refractivity contribution >= 4 is 16.7 Å². The van der Waals surface area contributed by atoms with E-state index in [4.69, 9.17) is 14.7 Å². The molecule has 5 rings (SSSR count). The van der Waals surface area contributed by atoms with E-state index in [0.29, 0.717) is 30.3 Å². The number of aromatic amines is 1. The average Bonchev–Trinajstić information content (AvgIpc) is 3.17. The van der Waals surface area contributed by atoms with Crippen molar-refractivity contribution in [3.8, 4) is 17.1 Å². The molecule has 0 atom stereocenters. The summed E-state index contributed by atoms with van der Waals surface area (Å²) in [4.78, 5) is 31.4. The second-order valence-corrected chi connectivity index (χ2v) is 7.05. The van der Waals surface area contributed by atoms with Crippen LogP contribution in [-0.2, 0) is 13.1 Å². The molecule has 0 fully saturated rings. The normalized spacial score (nSPS) is 13.0. The van der Waals surface area contributed by atoms with Gasteiger partial charge in [0.1, 0.15) is 17.4 Å². The van der Waals surface area contributed by atoms with Crippen LogP contribution in [0.4, 0.5) is 5.82 Å². The first-order valence-electron chi connectivity index (χ1n) is 9.37. The van der Waals surface area contributed by atoms with E-state index in [1.807, 2.05) is 48.5 Å². The summed E-state index contributed by atoms with van der Waals surface area (Å²) in [5.74, 6) is 2.79. The van der Waals surface area contributed by atoms with Gasteiger partial charge in [0, 0.05) is 10.9 Å². The highest BCUT2D eigenvalue weighted by atomic mass is 16.5. The van der Waals surface area contributed by atoms with Crippen molar-refractivity contribution in [1.82, 2.24) is 19.9 Å². The van der Waals surface area contributed by atoms with E-state index in [1.165, 1.54) is 0 Å². The molecule has 144 valence electrons. The average molecular weight is 385 g/mol. The van der Waals surface area contributed by atoms with Gasteiger partial charge >= 0.3 is 0 Å². The maximum absolute atomic E-state index is 12.4. The molecule has 29 heavy (non-hydrogen) atoms. The van der Waals surface area contributed by atoms with Crippen molar-refractivity contribution in [2.45, 2.75) is 20.0 Å². The number of hydrogen-bond acceptors (Lipinski definition) is 6. The molecule has 1 aliphatic heterocycles. The van der Waals surface area contributed by atoms with Crippen molar-refractivity contribution in [2.75, 3.05) is 12.0 Å². The van der Waals surface area contributed by atoms with Gasteiger partial charge in [-0.15, -0.1) is 0 Å². The Bertz CT molecular complexity index is 1300. The second-order valence-electron chi connectivity index (χ2n) is 7.05. The fourth-order valence-electron chi connectivity index (χ4n) is 3.73. The number of H-pyrrole nitrogens is 1. The molecule has 7 nitrogen and oxygen atoms in total. The summed E-state index contributed by atoms with van der Waals surface area (Å²) in [5.41, 5.74) is 3.14. The number of benzene rings is 2. The fourth-order valence-corrected chi connectivity index (χ4v) is 3.73. The van der Waals surface area contributed by atoms with Crippen LogP contribution in [0.1, 0.15) is 17.1 Å². The van der Waals surface area contributed by atoms with Crippen LogP contribution in [0.25, 0.3) is 22.3 Å². The Kier molecular flexibility index (Phi) is 4.01. The first-order valence-corrected chi connectivity index (χ1v) is 9.37. The smallest absolute Gasteiger partial charge is 0.256 e. The van der Waals surface area contributed by atoms with Gasteiger partial charge in [0.2, 0.25) is 0 Å². The lowest BCUT2D eigenvalue weighted by Crippen LogP contribution is -2.19. The van der Waals surface area contributed by atoms with Crippen molar-refractivity contribution in [3.63, 3.8) is 0 Å². The minimum absolute atomic E-state index is 0.0821. The summed E-state index contributed by atoms with van der Waals surface area (Å²) in [6, 6.07) is 15.6. The Labute approximate surface area is 167 Å². The lowest BCUT2D eigenvalue weighted by Gasteiger charge is -2.19. The third-order valence-corrected chi connectivity index (χ3v) is 5.12. The summed E-state index contributed by atoms with van der Waals surface area (Å²) < 4.78 is 5.35. The molecule has 3 heterocycles. The Morgan fingerprint density at radius 1 is 1.03 bits per heavy atom. The number of anilines is 1. The third kappa shape index (κ3) is 3.00. The summed E-state index contributed by atoms with van der Waals surface area (Å²) in [7, 11) is 1.64. The molecule has 0 radical (unpaired) electrons. The summed E-state index contributed by atoms with van der Waals surface area (Å²) >= 11 is 0. The number of fused-ring (bicyclic) bond motifs is 2. The molecule has 0 bridgehead atoms. The van der Waals surface area contributed by atoms with Gasteiger partial charge in [-0.05, 0) is 31.2 Å². The number of aryl methyl sites for hydroxylation is 1. The Balaban J connectivity index is 1.66. The minimum Gasteiger partial charge on any atom is -0.497 e. The lowest BCUT2D eigenvalue weighted by molar-refractivity contribution is 0.415. The molecule has 0 spiro atoms. The number of methoxy groups -OCH3 is 1. The molecule has 0 aliphatic carbocycles. The number of nitrogens with zero attached hydrogens (tertiary/aromatic N) is 4. The molecule has 0 amide bonds. The first-order chi connectivity index (χ1) is 14.1. The van der Waals surface area contributed by atoms with Crippen molar-refractivity contribution in [2.24, 2.45) is 0 Å². The van der Waals surface area contributed by atoms with E-state index in [0.717, 1.165) is 33.7 Å². The van der Waals surface area contributed by atoms with Crippen LogP contribution in [0.2, 0.25) is 0 Å². The van der Waals surface area contributed by atoms with Gasteiger partial charge in [-0.25, -0.2) is 15.0 Å². The van der Waals surface area contributed by atoms with Crippen LogP contribution in [0.15, 0.2) is 53.3 Å². The number of nitrogens with one attached hydrogen (secondary N) is 1. The molecule has 0 saturated heterocycles. The SMILES string of the molecule is COc1cccc(-c2nc(N3Cc4nc(C)[nH]c(=O)c4C3)c3ccccc3n2)c1. The third-order valence-electron chi connectivity index (χ3n) is 5.12. The predicted octanol–water partition coefficient (Wildman–Crippen LogP) is 3.22. The van der Waals surface area contributed by atoms with Crippen LogP contribution in [-0.4, -0.2) is 27.0 Å². The number of para-hydroxylation sites is 1. The number of ether oxygens (including phenoxy) is 1. The number of hydrogen-bond donors (Lipinski definition) is 1. The van der Waals surface area contributed by atoms with E-state index in [1.54, 1.807) is 14.0 Å². The van der Waals surface area contributed by atoms with Crippen LogP contribution in [0.5, 0.6) is 5.75 Å². The Morgan fingerprint density at radius 2 is 1.90 bits per heavy atom. The molecule has 2 aromatic carbocycles. The highest BCUT2D eigenvalue weighted by Gasteiger charge is 2.26. The molecule has 0 unspecified atom stereocenters. The standard InChI is InChI=1S/C22H19N5O2/c1-13-23-19-12-27(11-17(19)22(28)24-13)21-16-8-3-4-9-18(16)25-20(26-21)14-6-5-7-15(10-14)29-2/h3-10H,11-12H2,1-2H3,(H,23,24,28). The summed E-state index contributed by atoms with van der Waals surface area (Å²) in [6.45, 7) is 2.81. The molecule has 0 saturated carbocycles.